The predicted octanol–water partition coefficient (Wildman–Crippen LogP) is 2.99. The molecule has 1 heterocycles. The molecule has 0 amide bonds. The van der Waals surface area contributed by atoms with Crippen LogP contribution in [0.25, 0.3) is 22.4 Å². The van der Waals surface area contributed by atoms with E-state index in [-0.39, 0.29) is 11.3 Å². The Morgan fingerprint density at radius 3 is 2.61 bits per heavy atom. The molecule has 3 rings (SSSR count). The van der Waals surface area contributed by atoms with Gasteiger partial charge in [0.25, 0.3) is 0 Å². The van der Waals surface area contributed by atoms with E-state index in [1.807, 2.05) is 18.2 Å². The maximum Gasteiger partial charge on any atom is 0.363 e. The van der Waals surface area contributed by atoms with Crippen LogP contribution < -0.4 is 5.63 Å². The maximum atomic E-state index is 13.0. The minimum Gasteiger partial charge on any atom is -0.419 e. The Balaban J connectivity index is 2.29. The topological polar surface area (TPSA) is 43.1 Å². The van der Waals surface area contributed by atoms with Crippen molar-refractivity contribution < 1.29 is 8.81 Å². The molecule has 0 fully saturated rings. The van der Waals surface area contributed by atoms with Gasteiger partial charge in [0.1, 0.15) is 11.3 Å². The zero-order chi connectivity index (χ0) is 12.5. The van der Waals surface area contributed by atoms with Crippen molar-refractivity contribution in [2.24, 2.45) is 0 Å². The Bertz CT molecular complexity index is 766. The molecule has 0 aliphatic heterocycles. The molecule has 0 unspecified atom stereocenters. The van der Waals surface area contributed by atoms with Crippen LogP contribution in [0.15, 0.2) is 57.7 Å². The molecule has 3 nitrogen and oxygen atoms in total. The van der Waals surface area contributed by atoms with E-state index in [1.165, 1.54) is 12.1 Å². The molecule has 0 saturated heterocycles. The Hall–Kier alpha value is -2.49. The lowest BCUT2D eigenvalue weighted by Crippen LogP contribution is -2.05. The third-order valence-corrected chi connectivity index (χ3v) is 2.60. The van der Waals surface area contributed by atoms with Crippen LogP contribution in [-0.2, 0) is 0 Å². The highest BCUT2D eigenvalue weighted by Gasteiger charge is 2.09. The minimum absolute atomic E-state index is 0.152. The number of rotatable bonds is 1. The first-order valence-electron chi connectivity index (χ1n) is 5.40. The molecule has 18 heavy (non-hydrogen) atoms. The Kier molecular flexibility index (Phi) is 2.41. The molecular formula is C14H8FNO2. The molecule has 1 aromatic heterocycles. The molecule has 0 aliphatic carbocycles. The van der Waals surface area contributed by atoms with Crippen molar-refractivity contribution in [2.45, 2.75) is 0 Å². The van der Waals surface area contributed by atoms with E-state index in [2.05, 4.69) is 4.98 Å². The fraction of sp³-hybridized carbons (Fsp3) is 0. The van der Waals surface area contributed by atoms with Gasteiger partial charge in [-0.15, -0.1) is 0 Å². The third-order valence-electron chi connectivity index (χ3n) is 2.60. The fourth-order valence-corrected chi connectivity index (χ4v) is 1.75. The second-order valence-electron chi connectivity index (χ2n) is 3.83. The molecule has 3 aromatic rings. The van der Waals surface area contributed by atoms with E-state index in [9.17, 15) is 9.18 Å². The lowest BCUT2D eigenvalue weighted by Gasteiger charge is -2.01. The van der Waals surface area contributed by atoms with E-state index in [4.69, 9.17) is 4.42 Å². The van der Waals surface area contributed by atoms with Crippen molar-refractivity contribution in [1.82, 2.24) is 4.98 Å². The molecule has 0 aliphatic rings. The summed E-state index contributed by atoms with van der Waals surface area (Å²) in [5, 5.41) is 0. The van der Waals surface area contributed by atoms with Gasteiger partial charge in [0.15, 0.2) is 11.3 Å². The minimum atomic E-state index is -0.570. The van der Waals surface area contributed by atoms with Gasteiger partial charge < -0.3 is 4.42 Å². The normalized spacial score (nSPS) is 10.7. The van der Waals surface area contributed by atoms with E-state index in [0.29, 0.717) is 11.1 Å². The van der Waals surface area contributed by atoms with Gasteiger partial charge in [0.05, 0.1) is 0 Å². The van der Waals surface area contributed by atoms with Gasteiger partial charge in [-0.3, -0.25) is 0 Å². The van der Waals surface area contributed by atoms with Crippen LogP contribution in [0.3, 0.4) is 0 Å². The number of nitrogens with zero attached hydrogens (tertiary/aromatic N) is 1. The van der Waals surface area contributed by atoms with Crippen molar-refractivity contribution >= 4 is 11.1 Å². The second-order valence-corrected chi connectivity index (χ2v) is 3.83. The first kappa shape index (κ1) is 10.7. The van der Waals surface area contributed by atoms with Gasteiger partial charge in [-0.2, -0.15) is 0 Å². The zero-order valence-electron chi connectivity index (χ0n) is 9.26. The van der Waals surface area contributed by atoms with Crippen molar-refractivity contribution in [3.63, 3.8) is 0 Å². The molecule has 2 aromatic carbocycles. The molecule has 4 heteroatoms. The molecule has 0 radical (unpaired) electrons. The van der Waals surface area contributed by atoms with Crippen molar-refractivity contribution in [3.05, 3.63) is 64.8 Å². The van der Waals surface area contributed by atoms with Crippen LogP contribution in [0.1, 0.15) is 0 Å². The van der Waals surface area contributed by atoms with Crippen LogP contribution in [0.4, 0.5) is 4.39 Å². The number of aromatic nitrogens is 1. The van der Waals surface area contributed by atoms with Crippen molar-refractivity contribution in [3.8, 4) is 11.3 Å². The fourth-order valence-electron chi connectivity index (χ4n) is 1.75. The smallest absolute Gasteiger partial charge is 0.363 e. The van der Waals surface area contributed by atoms with Gasteiger partial charge in [-0.1, -0.05) is 30.3 Å². The van der Waals surface area contributed by atoms with Gasteiger partial charge in [0, 0.05) is 11.6 Å². The van der Waals surface area contributed by atoms with E-state index < -0.39 is 11.4 Å². The zero-order valence-corrected chi connectivity index (χ0v) is 9.26. The van der Waals surface area contributed by atoms with Crippen LogP contribution in [0.2, 0.25) is 0 Å². The van der Waals surface area contributed by atoms with Crippen LogP contribution >= 0.6 is 0 Å². The molecule has 0 saturated carbocycles. The Labute approximate surface area is 102 Å². The summed E-state index contributed by atoms with van der Waals surface area (Å²) in [4.78, 5) is 16.0. The first-order chi connectivity index (χ1) is 8.74. The number of halogens is 1. The van der Waals surface area contributed by atoms with E-state index in [0.717, 1.165) is 6.07 Å². The summed E-state index contributed by atoms with van der Waals surface area (Å²) in [6.45, 7) is 0. The van der Waals surface area contributed by atoms with Gasteiger partial charge in [0.2, 0.25) is 0 Å². The van der Waals surface area contributed by atoms with Crippen LogP contribution in [-0.4, -0.2) is 4.98 Å². The molecular weight excluding hydrogens is 233 g/mol. The number of benzene rings is 2. The van der Waals surface area contributed by atoms with Crippen molar-refractivity contribution in [1.29, 1.82) is 0 Å². The van der Waals surface area contributed by atoms with Crippen LogP contribution in [0.5, 0.6) is 0 Å². The largest absolute Gasteiger partial charge is 0.419 e. The summed E-state index contributed by atoms with van der Waals surface area (Å²) in [5.74, 6) is -0.458. The number of hydrogen-bond donors (Lipinski definition) is 0. The summed E-state index contributed by atoms with van der Waals surface area (Å²) in [6, 6.07) is 12.9. The molecule has 0 bridgehead atoms. The van der Waals surface area contributed by atoms with Crippen molar-refractivity contribution in [2.75, 3.05) is 0 Å². The quantitative estimate of drug-likeness (QED) is 0.657. The monoisotopic (exact) mass is 241 g/mol. The Morgan fingerprint density at radius 2 is 1.83 bits per heavy atom. The molecule has 0 atom stereocenters. The lowest BCUT2D eigenvalue weighted by molar-refractivity contribution is 0.551. The summed E-state index contributed by atoms with van der Waals surface area (Å²) >= 11 is 0. The van der Waals surface area contributed by atoms with E-state index >= 15 is 0 Å². The Morgan fingerprint density at radius 1 is 1.06 bits per heavy atom. The van der Waals surface area contributed by atoms with E-state index in [1.54, 1.807) is 12.1 Å². The molecule has 88 valence electrons. The predicted molar refractivity (Wildman–Crippen MR) is 65.7 cm³/mol. The average Bonchev–Trinajstić information content (AvgIpc) is 2.39. The van der Waals surface area contributed by atoms with Gasteiger partial charge in [-0.25, -0.2) is 14.2 Å². The SMILES string of the molecule is O=c1oc2cc(F)ccc2nc1-c1ccccc1. The lowest BCUT2D eigenvalue weighted by atomic mass is 10.1. The first-order valence-corrected chi connectivity index (χ1v) is 5.40. The van der Waals surface area contributed by atoms with Gasteiger partial charge >= 0.3 is 5.63 Å². The summed E-state index contributed by atoms with van der Waals surface area (Å²) in [5.41, 5.74) is 0.945. The highest BCUT2D eigenvalue weighted by atomic mass is 19.1. The highest BCUT2D eigenvalue weighted by Crippen LogP contribution is 2.17. The standard InChI is InChI=1S/C14H8FNO2/c15-10-6-7-11-12(8-10)18-14(17)13(16-11)9-4-2-1-3-5-9/h1-8H. The highest BCUT2D eigenvalue weighted by molar-refractivity contribution is 5.74. The van der Waals surface area contributed by atoms with Gasteiger partial charge in [-0.05, 0) is 12.1 Å². The third kappa shape index (κ3) is 1.78. The molecule has 0 N–H and O–H groups in total. The second kappa shape index (κ2) is 4.07. The van der Waals surface area contributed by atoms with Crippen LogP contribution in [0, 0.1) is 5.82 Å². The number of fused-ring (bicyclic) bond motifs is 1. The molecule has 0 spiro atoms. The summed E-state index contributed by atoms with van der Waals surface area (Å²) in [7, 11) is 0. The number of hydrogen-bond acceptors (Lipinski definition) is 3. The maximum absolute atomic E-state index is 13.0. The average molecular weight is 241 g/mol. The summed E-state index contributed by atoms with van der Waals surface area (Å²) in [6.07, 6.45) is 0. The summed E-state index contributed by atoms with van der Waals surface area (Å²) < 4.78 is 18.1.